The highest BCUT2D eigenvalue weighted by Gasteiger charge is 2.26. The predicted molar refractivity (Wildman–Crippen MR) is 87.3 cm³/mol. The Morgan fingerprint density at radius 2 is 2.00 bits per heavy atom. The molecule has 1 atom stereocenters. The van der Waals surface area contributed by atoms with E-state index in [0.29, 0.717) is 0 Å². The van der Waals surface area contributed by atoms with Gasteiger partial charge in [-0.15, -0.1) is 0 Å². The van der Waals surface area contributed by atoms with E-state index in [2.05, 4.69) is 48.0 Å². The van der Waals surface area contributed by atoms with Gasteiger partial charge in [0.1, 0.15) is 11.5 Å². The number of hydrogen-bond acceptors (Lipinski definition) is 4. The van der Waals surface area contributed by atoms with Crippen molar-refractivity contribution in [1.82, 2.24) is 15.1 Å². The number of hydrogen-bond donors (Lipinski definition) is 1. The van der Waals surface area contributed by atoms with Gasteiger partial charge < -0.3 is 9.73 Å². The van der Waals surface area contributed by atoms with Crippen molar-refractivity contribution in [2.75, 3.05) is 32.7 Å². The topological polar surface area (TPSA) is 31.6 Å². The molecule has 1 unspecified atom stereocenters. The van der Waals surface area contributed by atoms with Gasteiger partial charge in [0, 0.05) is 19.1 Å². The molecular formula is C17H31N3O. The van der Waals surface area contributed by atoms with Crippen LogP contribution in [-0.4, -0.2) is 48.6 Å². The van der Waals surface area contributed by atoms with Crippen LogP contribution in [0.2, 0.25) is 0 Å². The van der Waals surface area contributed by atoms with Crippen LogP contribution >= 0.6 is 0 Å². The first kappa shape index (κ1) is 16.5. The fraction of sp³-hybridized carbons (Fsp3) is 0.765. The molecule has 1 aliphatic rings. The predicted octanol–water partition coefficient (Wildman–Crippen LogP) is 2.70. The molecule has 0 aliphatic carbocycles. The molecule has 0 spiro atoms. The van der Waals surface area contributed by atoms with Gasteiger partial charge in [-0.2, -0.15) is 0 Å². The summed E-state index contributed by atoms with van der Waals surface area (Å²) in [5, 5.41) is 3.38. The SMILES string of the molecule is CCCNCc1ccc(CN2CCC(N(CC)CC)C2)o1. The van der Waals surface area contributed by atoms with E-state index < -0.39 is 0 Å². The van der Waals surface area contributed by atoms with Crippen molar-refractivity contribution in [1.29, 1.82) is 0 Å². The number of furan rings is 1. The Kier molecular flexibility index (Phi) is 6.74. The van der Waals surface area contributed by atoms with Crippen LogP contribution in [0, 0.1) is 0 Å². The van der Waals surface area contributed by atoms with Crippen LogP contribution in [-0.2, 0) is 13.1 Å². The quantitative estimate of drug-likeness (QED) is 0.709. The first-order chi connectivity index (χ1) is 10.3. The van der Waals surface area contributed by atoms with Crippen molar-refractivity contribution in [3.8, 4) is 0 Å². The zero-order chi connectivity index (χ0) is 15.1. The monoisotopic (exact) mass is 293 g/mol. The Labute approximate surface area is 129 Å². The van der Waals surface area contributed by atoms with E-state index >= 15 is 0 Å². The molecule has 2 heterocycles. The van der Waals surface area contributed by atoms with Crippen LogP contribution in [0.15, 0.2) is 16.5 Å². The Bertz CT molecular complexity index is 400. The second-order valence-corrected chi connectivity index (χ2v) is 5.94. The van der Waals surface area contributed by atoms with Gasteiger partial charge in [-0.1, -0.05) is 20.8 Å². The second-order valence-electron chi connectivity index (χ2n) is 5.94. The van der Waals surface area contributed by atoms with E-state index in [1.807, 2.05) is 0 Å². The third kappa shape index (κ3) is 4.83. The van der Waals surface area contributed by atoms with Crippen LogP contribution in [0.5, 0.6) is 0 Å². The molecule has 1 aromatic heterocycles. The minimum atomic E-state index is 0.723. The largest absolute Gasteiger partial charge is 0.463 e. The second kappa shape index (κ2) is 8.57. The Morgan fingerprint density at radius 3 is 2.71 bits per heavy atom. The van der Waals surface area contributed by atoms with Crippen molar-refractivity contribution in [2.45, 2.75) is 52.7 Å². The summed E-state index contributed by atoms with van der Waals surface area (Å²) < 4.78 is 5.92. The molecular weight excluding hydrogens is 262 g/mol. The van der Waals surface area contributed by atoms with Crippen LogP contribution in [0.3, 0.4) is 0 Å². The summed E-state index contributed by atoms with van der Waals surface area (Å²) in [5.41, 5.74) is 0. The van der Waals surface area contributed by atoms with Gasteiger partial charge in [-0.05, 0) is 44.6 Å². The van der Waals surface area contributed by atoms with Gasteiger partial charge >= 0.3 is 0 Å². The maximum Gasteiger partial charge on any atom is 0.118 e. The van der Waals surface area contributed by atoms with Gasteiger partial charge in [0.05, 0.1) is 13.1 Å². The van der Waals surface area contributed by atoms with Crippen molar-refractivity contribution in [2.24, 2.45) is 0 Å². The summed E-state index contributed by atoms with van der Waals surface area (Å²) in [4.78, 5) is 5.09. The number of likely N-dealkylation sites (tertiary alicyclic amines) is 1. The van der Waals surface area contributed by atoms with Gasteiger partial charge in [-0.3, -0.25) is 9.80 Å². The normalized spacial score (nSPS) is 19.7. The summed E-state index contributed by atoms with van der Waals surface area (Å²) in [6.45, 7) is 14.2. The summed E-state index contributed by atoms with van der Waals surface area (Å²) >= 11 is 0. The lowest BCUT2D eigenvalue weighted by atomic mass is 10.2. The highest BCUT2D eigenvalue weighted by atomic mass is 16.3. The standard InChI is InChI=1S/C17H31N3O/c1-4-10-18-12-16-7-8-17(21-16)14-19-11-9-15(13-19)20(5-2)6-3/h7-8,15,18H,4-6,9-14H2,1-3H3. The van der Waals surface area contributed by atoms with Crippen LogP contribution in [0.4, 0.5) is 0 Å². The fourth-order valence-corrected chi connectivity index (χ4v) is 3.20. The van der Waals surface area contributed by atoms with Gasteiger partial charge in [0.15, 0.2) is 0 Å². The maximum absolute atomic E-state index is 5.92. The lowest BCUT2D eigenvalue weighted by Gasteiger charge is -2.26. The molecule has 1 N–H and O–H groups in total. The molecule has 0 radical (unpaired) electrons. The number of nitrogens with zero attached hydrogens (tertiary/aromatic N) is 2. The number of rotatable bonds is 9. The Morgan fingerprint density at radius 1 is 1.24 bits per heavy atom. The molecule has 1 aromatic rings. The third-order valence-corrected chi connectivity index (χ3v) is 4.40. The average Bonchev–Trinajstić information content (AvgIpc) is 3.11. The lowest BCUT2D eigenvalue weighted by Crippen LogP contribution is -2.37. The minimum Gasteiger partial charge on any atom is -0.463 e. The summed E-state index contributed by atoms with van der Waals surface area (Å²) in [7, 11) is 0. The lowest BCUT2D eigenvalue weighted by molar-refractivity contribution is 0.204. The highest BCUT2D eigenvalue weighted by molar-refractivity contribution is 5.07. The third-order valence-electron chi connectivity index (χ3n) is 4.40. The molecule has 120 valence electrons. The van der Waals surface area contributed by atoms with E-state index in [4.69, 9.17) is 4.42 Å². The zero-order valence-electron chi connectivity index (χ0n) is 13.9. The molecule has 2 rings (SSSR count). The Balaban J connectivity index is 1.78. The van der Waals surface area contributed by atoms with E-state index in [9.17, 15) is 0 Å². The van der Waals surface area contributed by atoms with E-state index in [0.717, 1.165) is 56.7 Å². The van der Waals surface area contributed by atoms with Crippen molar-refractivity contribution in [3.05, 3.63) is 23.7 Å². The van der Waals surface area contributed by atoms with E-state index in [1.165, 1.54) is 19.5 Å². The van der Waals surface area contributed by atoms with Gasteiger partial charge in [0.25, 0.3) is 0 Å². The zero-order valence-corrected chi connectivity index (χ0v) is 13.9. The fourth-order valence-electron chi connectivity index (χ4n) is 3.20. The van der Waals surface area contributed by atoms with Crippen LogP contribution in [0.1, 0.15) is 45.1 Å². The van der Waals surface area contributed by atoms with Crippen LogP contribution in [0.25, 0.3) is 0 Å². The molecule has 1 fully saturated rings. The Hall–Kier alpha value is -0.840. The van der Waals surface area contributed by atoms with Gasteiger partial charge in [0.2, 0.25) is 0 Å². The minimum absolute atomic E-state index is 0.723. The van der Waals surface area contributed by atoms with Crippen molar-refractivity contribution < 1.29 is 4.42 Å². The van der Waals surface area contributed by atoms with Crippen molar-refractivity contribution in [3.63, 3.8) is 0 Å². The molecule has 0 bridgehead atoms. The summed E-state index contributed by atoms with van der Waals surface area (Å²) in [6, 6.07) is 4.96. The molecule has 4 nitrogen and oxygen atoms in total. The highest BCUT2D eigenvalue weighted by Crippen LogP contribution is 2.19. The first-order valence-corrected chi connectivity index (χ1v) is 8.51. The molecule has 0 aromatic carbocycles. The molecule has 0 saturated carbocycles. The molecule has 21 heavy (non-hydrogen) atoms. The summed E-state index contributed by atoms with van der Waals surface area (Å²) in [5.74, 6) is 2.15. The molecule has 4 heteroatoms. The van der Waals surface area contributed by atoms with Gasteiger partial charge in [-0.25, -0.2) is 0 Å². The van der Waals surface area contributed by atoms with Crippen LogP contribution < -0.4 is 5.32 Å². The van der Waals surface area contributed by atoms with E-state index in [-0.39, 0.29) is 0 Å². The number of nitrogens with one attached hydrogen (secondary N) is 1. The number of likely N-dealkylation sites (N-methyl/N-ethyl adjacent to an activating group) is 1. The first-order valence-electron chi connectivity index (χ1n) is 8.51. The maximum atomic E-state index is 5.92. The molecule has 0 amide bonds. The summed E-state index contributed by atoms with van der Waals surface area (Å²) in [6.07, 6.45) is 2.45. The van der Waals surface area contributed by atoms with E-state index in [1.54, 1.807) is 0 Å². The molecule has 1 saturated heterocycles. The smallest absolute Gasteiger partial charge is 0.118 e. The average molecular weight is 293 g/mol. The van der Waals surface area contributed by atoms with Crippen molar-refractivity contribution >= 4 is 0 Å². The molecule has 1 aliphatic heterocycles.